The molecule has 0 fully saturated rings. The van der Waals surface area contributed by atoms with Crippen molar-refractivity contribution in [1.29, 1.82) is 0 Å². The highest BCUT2D eigenvalue weighted by molar-refractivity contribution is 6.31. The molecule has 0 spiro atoms. The average Bonchev–Trinajstić information content (AvgIpc) is 1.68. The molecule has 4 heteroatoms. The molecule has 0 aromatic carbocycles. The highest BCUT2D eigenvalue weighted by Gasteiger charge is 1.97. The van der Waals surface area contributed by atoms with Gasteiger partial charge in [-0.05, 0) is 6.92 Å². The third kappa shape index (κ3) is 3.45. The van der Waals surface area contributed by atoms with Crippen molar-refractivity contribution >= 4 is 9.09 Å². The molecule has 0 rings (SSSR count). The van der Waals surface area contributed by atoms with Gasteiger partial charge in [-0.2, -0.15) is 0 Å². The molecule has 0 aliphatic rings. The summed E-state index contributed by atoms with van der Waals surface area (Å²) in [5, 5.41) is 0. The fourth-order valence-electron chi connectivity index (χ4n) is 0.203. The Labute approximate surface area is 44.5 Å². The van der Waals surface area contributed by atoms with Gasteiger partial charge in [-0.3, -0.25) is 0 Å². The Hall–Kier alpha value is -0.383. The van der Waals surface area contributed by atoms with Gasteiger partial charge in [0.15, 0.2) is 0 Å². The third-order valence-electron chi connectivity index (χ3n) is 0.480. The first-order valence-electron chi connectivity index (χ1n) is 2.15. The van der Waals surface area contributed by atoms with E-state index in [9.17, 15) is 4.46 Å². The molecule has 0 aromatic heterocycles. The average molecular weight is 119 g/mol. The van der Waals surface area contributed by atoms with Crippen LogP contribution in [0.3, 0.4) is 0 Å². The van der Waals surface area contributed by atoms with Crippen LogP contribution in [-0.2, 0) is 8.89 Å². The maximum atomic E-state index is 10.3. The van der Waals surface area contributed by atoms with Gasteiger partial charge in [-0.15, -0.1) is 0 Å². The van der Waals surface area contributed by atoms with Gasteiger partial charge >= 0.3 is 9.09 Å². The van der Waals surface area contributed by atoms with E-state index in [1.165, 1.54) is 0 Å². The van der Waals surface area contributed by atoms with Crippen LogP contribution in [0.2, 0.25) is 0 Å². The first-order valence-corrected chi connectivity index (χ1v) is 3.47. The van der Waals surface area contributed by atoms with E-state index < -0.39 is 9.09 Å². The van der Waals surface area contributed by atoms with E-state index in [0.29, 0.717) is 6.61 Å². The molecule has 0 atom stereocenters. The van der Waals surface area contributed by atoms with Crippen LogP contribution in [0.25, 0.3) is 0 Å². The van der Waals surface area contributed by atoms with Crippen LogP contribution in [0.4, 0.5) is 0 Å². The molecule has 42 valence electrons. The van der Waals surface area contributed by atoms with E-state index in [1.807, 2.05) is 0 Å². The summed E-state index contributed by atoms with van der Waals surface area (Å²) in [6.45, 7) is 2.32. The maximum Gasteiger partial charge on any atom is 0.635 e. The molecule has 0 aliphatic heterocycles. The molecule has 7 heavy (non-hydrogen) atoms. The molecular weight excluding hydrogens is 110 g/mol. The zero-order valence-electron chi connectivity index (χ0n) is 4.52. The van der Waals surface area contributed by atoms with Gasteiger partial charge in [0.2, 0.25) is 0 Å². The van der Waals surface area contributed by atoms with Gasteiger partial charge in [-0.25, -0.2) is 0 Å². The Bertz CT molecular complexity index is 66.0. The quantitative estimate of drug-likeness (QED) is 0.516. The number of hydrogen-bond donors (Lipinski definition) is 1. The van der Waals surface area contributed by atoms with Crippen LogP contribution in [-0.4, -0.2) is 22.7 Å². The van der Waals surface area contributed by atoms with Crippen molar-refractivity contribution < 1.29 is 8.89 Å². The minimum absolute atomic E-state index is 0.513. The van der Waals surface area contributed by atoms with E-state index in [-0.39, 0.29) is 0 Å². The van der Waals surface area contributed by atoms with Crippen LogP contribution in [0, 0.1) is 0 Å². The third-order valence-corrected chi connectivity index (χ3v) is 1.44. The van der Waals surface area contributed by atoms with Gasteiger partial charge in [0.05, 0.1) is 6.61 Å². The largest absolute Gasteiger partial charge is 0.635 e. The molecular formula is C3H9NO2Si. The SMILES string of the molecule is CCO[Si](=O)NC. The predicted molar refractivity (Wildman–Crippen MR) is 27.1 cm³/mol. The summed E-state index contributed by atoms with van der Waals surface area (Å²) in [5.41, 5.74) is 0. The van der Waals surface area contributed by atoms with Crippen LogP contribution in [0.5, 0.6) is 0 Å². The highest BCUT2D eigenvalue weighted by atomic mass is 28.3. The second kappa shape index (κ2) is 3.79. The molecule has 0 saturated carbocycles. The van der Waals surface area contributed by atoms with E-state index in [1.54, 1.807) is 14.0 Å². The number of rotatable bonds is 3. The van der Waals surface area contributed by atoms with Crippen molar-refractivity contribution in [2.45, 2.75) is 6.92 Å². The summed E-state index contributed by atoms with van der Waals surface area (Å²) in [5.74, 6) is 0. The Balaban J connectivity index is 3.00. The van der Waals surface area contributed by atoms with Crippen molar-refractivity contribution in [3.63, 3.8) is 0 Å². The summed E-state index contributed by atoms with van der Waals surface area (Å²) < 4.78 is 14.9. The van der Waals surface area contributed by atoms with Gasteiger partial charge < -0.3 is 13.9 Å². The molecule has 0 saturated heterocycles. The van der Waals surface area contributed by atoms with Crippen LogP contribution >= 0.6 is 0 Å². The minimum atomic E-state index is -1.88. The van der Waals surface area contributed by atoms with E-state index in [4.69, 9.17) is 0 Å². The lowest BCUT2D eigenvalue weighted by Crippen LogP contribution is -2.23. The molecule has 0 aromatic rings. The predicted octanol–water partition coefficient (Wildman–Crippen LogP) is -0.342. The summed E-state index contributed by atoms with van der Waals surface area (Å²) >= 11 is 0. The zero-order valence-corrected chi connectivity index (χ0v) is 5.52. The summed E-state index contributed by atoms with van der Waals surface area (Å²) in [4.78, 5) is 2.49. The zero-order chi connectivity index (χ0) is 5.70. The topological polar surface area (TPSA) is 38.3 Å². The normalized spacial score (nSPS) is 7.71. The second-order valence-electron chi connectivity index (χ2n) is 0.970. The van der Waals surface area contributed by atoms with Crippen molar-refractivity contribution in [1.82, 2.24) is 4.98 Å². The fraction of sp³-hybridized carbons (Fsp3) is 1.00. The summed E-state index contributed by atoms with van der Waals surface area (Å²) in [6.07, 6.45) is 0. The lowest BCUT2D eigenvalue weighted by molar-refractivity contribution is 0.299. The highest BCUT2D eigenvalue weighted by Crippen LogP contribution is 1.64. The Kier molecular flexibility index (Phi) is 3.59. The standard InChI is InChI=1S/C3H9NO2Si/c1-3-6-7(5)4-2/h4H,3H2,1-2H3. The molecule has 0 aliphatic carbocycles. The molecule has 0 amide bonds. The molecule has 0 heterocycles. The first-order chi connectivity index (χ1) is 3.31. The first kappa shape index (κ1) is 6.62. The maximum absolute atomic E-state index is 10.3. The van der Waals surface area contributed by atoms with Crippen LogP contribution in [0.1, 0.15) is 6.92 Å². The van der Waals surface area contributed by atoms with Crippen LogP contribution < -0.4 is 4.98 Å². The van der Waals surface area contributed by atoms with Crippen molar-refractivity contribution in [3.05, 3.63) is 0 Å². The van der Waals surface area contributed by atoms with Gasteiger partial charge in [0, 0.05) is 7.05 Å². The Morgan fingerprint density at radius 2 is 2.43 bits per heavy atom. The summed E-state index contributed by atoms with van der Waals surface area (Å²) in [7, 11) is -0.272. The second-order valence-corrected chi connectivity index (χ2v) is 2.33. The fourth-order valence-corrected chi connectivity index (χ4v) is 0.610. The van der Waals surface area contributed by atoms with Gasteiger partial charge in [0.25, 0.3) is 0 Å². The molecule has 0 unspecified atom stereocenters. The van der Waals surface area contributed by atoms with E-state index >= 15 is 0 Å². The molecule has 0 bridgehead atoms. The number of hydrogen-bond acceptors (Lipinski definition) is 2. The Morgan fingerprint density at radius 3 is 2.57 bits per heavy atom. The summed E-state index contributed by atoms with van der Waals surface area (Å²) in [6, 6.07) is 0. The lowest BCUT2D eigenvalue weighted by Gasteiger charge is -1.94. The van der Waals surface area contributed by atoms with Crippen molar-refractivity contribution in [3.8, 4) is 0 Å². The lowest BCUT2D eigenvalue weighted by atomic mass is 10.9. The minimum Gasteiger partial charge on any atom is -0.510 e. The smallest absolute Gasteiger partial charge is 0.510 e. The van der Waals surface area contributed by atoms with Crippen molar-refractivity contribution in [2.75, 3.05) is 13.7 Å². The van der Waals surface area contributed by atoms with E-state index in [2.05, 4.69) is 9.41 Å². The van der Waals surface area contributed by atoms with Gasteiger partial charge in [-0.1, -0.05) is 0 Å². The monoisotopic (exact) mass is 119 g/mol. The molecule has 0 radical (unpaired) electrons. The van der Waals surface area contributed by atoms with E-state index in [0.717, 1.165) is 0 Å². The van der Waals surface area contributed by atoms with Crippen molar-refractivity contribution in [2.24, 2.45) is 0 Å². The van der Waals surface area contributed by atoms with Crippen LogP contribution in [0.15, 0.2) is 0 Å². The molecule has 3 nitrogen and oxygen atoms in total. The Morgan fingerprint density at radius 1 is 1.86 bits per heavy atom. The van der Waals surface area contributed by atoms with Gasteiger partial charge in [0.1, 0.15) is 0 Å². The number of nitrogens with one attached hydrogen (secondary N) is 1. The molecule has 1 N–H and O–H groups in total.